The van der Waals surface area contributed by atoms with Crippen LogP contribution in [0.1, 0.15) is 0 Å². The van der Waals surface area contributed by atoms with Crippen molar-refractivity contribution in [2.24, 2.45) is 0 Å². The van der Waals surface area contributed by atoms with Gasteiger partial charge in [0, 0.05) is 28.3 Å². The Bertz CT molecular complexity index is 1780. The molecule has 0 amide bonds. The van der Waals surface area contributed by atoms with Gasteiger partial charge in [-0.1, -0.05) is 84.9 Å². The normalized spacial score (nSPS) is 12.8. The number of benzene rings is 5. The highest BCUT2D eigenvalue weighted by molar-refractivity contribution is 6.21. The summed E-state index contributed by atoms with van der Waals surface area (Å²) in [5.74, 6) is 0. The lowest BCUT2D eigenvalue weighted by atomic mass is 9.84. The van der Waals surface area contributed by atoms with Crippen molar-refractivity contribution in [3.8, 4) is 33.5 Å². The fourth-order valence-corrected chi connectivity index (χ4v) is 5.83. The molecule has 0 bridgehead atoms. The van der Waals surface area contributed by atoms with Crippen molar-refractivity contribution in [1.29, 1.82) is 0 Å². The molecular weight excluding hydrogens is 400 g/mol. The SMILES string of the molecule is c1ccc2c(c1)-c1cccc3cccc(c13)-c1ccc3ccnc4c3c1N2c1ccccc1-4. The number of rotatable bonds is 0. The summed E-state index contributed by atoms with van der Waals surface area (Å²) in [6.07, 6.45) is 1.93. The highest BCUT2D eigenvalue weighted by Gasteiger charge is 2.32. The van der Waals surface area contributed by atoms with E-state index in [4.69, 9.17) is 4.98 Å². The second-order valence-corrected chi connectivity index (χ2v) is 8.80. The molecule has 0 unspecified atom stereocenters. The summed E-state index contributed by atoms with van der Waals surface area (Å²) >= 11 is 0. The quantitative estimate of drug-likeness (QED) is 0.245. The molecule has 1 aromatic heterocycles. The molecule has 0 spiro atoms. The van der Waals surface area contributed by atoms with Gasteiger partial charge in [0.15, 0.2) is 0 Å². The minimum atomic E-state index is 1.06. The van der Waals surface area contributed by atoms with Crippen molar-refractivity contribution >= 4 is 38.6 Å². The molecule has 2 heteroatoms. The van der Waals surface area contributed by atoms with E-state index in [0.717, 1.165) is 5.69 Å². The Morgan fingerprint density at radius 3 is 1.91 bits per heavy atom. The van der Waals surface area contributed by atoms with Crippen LogP contribution >= 0.6 is 0 Å². The molecule has 0 saturated carbocycles. The predicted octanol–water partition coefficient (Wildman–Crippen LogP) is 8.49. The van der Waals surface area contributed by atoms with Gasteiger partial charge in [0.05, 0.1) is 22.8 Å². The monoisotopic (exact) mass is 418 g/mol. The lowest BCUT2D eigenvalue weighted by Gasteiger charge is -2.37. The zero-order valence-corrected chi connectivity index (χ0v) is 17.8. The van der Waals surface area contributed by atoms with Gasteiger partial charge in [-0.2, -0.15) is 0 Å². The first-order chi connectivity index (χ1) is 16.4. The average Bonchev–Trinajstić information content (AvgIpc) is 2.88. The fourth-order valence-electron chi connectivity index (χ4n) is 5.83. The van der Waals surface area contributed by atoms with E-state index >= 15 is 0 Å². The smallest absolute Gasteiger partial charge is 0.0822 e. The summed E-state index contributed by atoms with van der Waals surface area (Å²) in [7, 11) is 0. The largest absolute Gasteiger partial charge is 0.308 e. The number of hydrogen-bond acceptors (Lipinski definition) is 2. The minimum absolute atomic E-state index is 1.06. The highest BCUT2D eigenvalue weighted by atomic mass is 15.2. The zero-order valence-electron chi connectivity index (χ0n) is 17.8. The molecule has 0 N–H and O–H groups in total. The third-order valence-electron chi connectivity index (χ3n) is 7.16. The molecule has 2 nitrogen and oxygen atoms in total. The van der Waals surface area contributed by atoms with Crippen LogP contribution in [0.15, 0.2) is 109 Å². The maximum atomic E-state index is 4.89. The summed E-state index contributed by atoms with van der Waals surface area (Å²) in [4.78, 5) is 7.35. The van der Waals surface area contributed by atoms with Gasteiger partial charge in [-0.3, -0.25) is 4.98 Å². The van der Waals surface area contributed by atoms with Crippen molar-refractivity contribution in [2.45, 2.75) is 0 Å². The molecule has 0 aliphatic carbocycles. The van der Waals surface area contributed by atoms with Crippen molar-refractivity contribution in [1.82, 2.24) is 4.98 Å². The topological polar surface area (TPSA) is 16.1 Å². The van der Waals surface area contributed by atoms with E-state index in [-0.39, 0.29) is 0 Å². The molecule has 6 aromatic rings. The van der Waals surface area contributed by atoms with Crippen molar-refractivity contribution < 1.29 is 0 Å². The molecule has 0 atom stereocenters. The molecule has 8 rings (SSSR count). The first-order valence-corrected chi connectivity index (χ1v) is 11.3. The van der Waals surface area contributed by atoms with E-state index in [1.54, 1.807) is 0 Å². The lowest BCUT2D eigenvalue weighted by molar-refractivity contribution is 1.25. The maximum absolute atomic E-state index is 4.89. The van der Waals surface area contributed by atoms with Crippen LogP contribution in [-0.2, 0) is 0 Å². The number of hydrogen-bond donors (Lipinski definition) is 0. The zero-order chi connectivity index (χ0) is 21.5. The van der Waals surface area contributed by atoms with E-state index in [9.17, 15) is 0 Å². The molecule has 0 radical (unpaired) electrons. The van der Waals surface area contributed by atoms with Crippen LogP contribution in [-0.4, -0.2) is 4.98 Å². The predicted molar refractivity (Wildman–Crippen MR) is 137 cm³/mol. The number of aromatic nitrogens is 1. The Morgan fingerprint density at radius 1 is 0.455 bits per heavy atom. The molecule has 33 heavy (non-hydrogen) atoms. The van der Waals surface area contributed by atoms with Gasteiger partial charge in [-0.15, -0.1) is 0 Å². The summed E-state index contributed by atoms with van der Waals surface area (Å²) < 4.78 is 0. The van der Waals surface area contributed by atoms with E-state index in [0.29, 0.717) is 0 Å². The molecule has 5 aromatic carbocycles. The minimum Gasteiger partial charge on any atom is -0.308 e. The summed E-state index contributed by atoms with van der Waals surface area (Å²) in [5, 5.41) is 5.02. The summed E-state index contributed by atoms with van der Waals surface area (Å²) in [6, 6.07) is 37.5. The fraction of sp³-hybridized carbons (Fsp3) is 0. The Balaban J connectivity index is 1.69. The second kappa shape index (κ2) is 6.08. The first kappa shape index (κ1) is 17.2. The molecule has 2 aliphatic heterocycles. The van der Waals surface area contributed by atoms with Crippen LogP contribution in [0.2, 0.25) is 0 Å². The van der Waals surface area contributed by atoms with Crippen LogP contribution in [0.4, 0.5) is 17.1 Å². The Labute approximate surface area is 191 Å². The first-order valence-electron chi connectivity index (χ1n) is 11.3. The van der Waals surface area contributed by atoms with Crippen molar-refractivity contribution in [3.05, 3.63) is 109 Å². The van der Waals surface area contributed by atoms with Gasteiger partial charge in [-0.05, 0) is 45.5 Å². The summed E-state index contributed by atoms with van der Waals surface area (Å²) in [6.45, 7) is 0. The van der Waals surface area contributed by atoms with Gasteiger partial charge in [0.1, 0.15) is 0 Å². The third kappa shape index (κ3) is 2.10. The lowest BCUT2D eigenvalue weighted by Crippen LogP contribution is -2.18. The number of nitrogens with zero attached hydrogens (tertiary/aromatic N) is 2. The van der Waals surface area contributed by atoms with Crippen molar-refractivity contribution in [2.75, 3.05) is 4.90 Å². The molecule has 152 valence electrons. The van der Waals surface area contributed by atoms with Gasteiger partial charge >= 0.3 is 0 Å². The van der Waals surface area contributed by atoms with E-state index in [1.165, 1.54) is 66.4 Å². The van der Waals surface area contributed by atoms with Crippen molar-refractivity contribution in [3.63, 3.8) is 0 Å². The Morgan fingerprint density at radius 2 is 1.09 bits per heavy atom. The van der Waals surface area contributed by atoms with E-state index < -0.39 is 0 Å². The molecule has 3 heterocycles. The van der Waals surface area contributed by atoms with E-state index in [1.807, 2.05) is 6.20 Å². The van der Waals surface area contributed by atoms with Crippen LogP contribution in [0.3, 0.4) is 0 Å². The van der Waals surface area contributed by atoms with Gasteiger partial charge < -0.3 is 4.90 Å². The van der Waals surface area contributed by atoms with Crippen LogP contribution in [0.25, 0.3) is 55.1 Å². The van der Waals surface area contributed by atoms with Gasteiger partial charge in [0.25, 0.3) is 0 Å². The van der Waals surface area contributed by atoms with Crippen LogP contribution in [0, 0.1) is 0 Å². The Kier molecular flexibility index (Phi) is 3.16. The van der Waals surface area contributed by atoms with E-state index in [2.05, 4.69) is 108 Å². The highest BCUT2D eigenvalue weighted by Crippen LogP contribution is 2.57. The Hall–Kier alpha value is -4.43. The molecule has 0 fully saturated rings. The van der Waals surface area contributed by atoms with Crippen LogP contribution in [0.5, 0.6) is 0 Å². The standard InChI is InChI=1S/C31H18N2/c1-3-13-26-21(9-1)22-11-5-7-19-8-6-12-23(28(19)22)24-16-15-20-17-18-32-30-25-10-2-4-14-27(25)33(26)31(24)29(20)30/h1-18H. The number of anilines is 3. The van der Waals surface area contributed by atoms with Gasteiger partial charge in [0.2, 0.25) is 0 Å². The number of fused-ring (bicyclic) bond motifs is 7. The molecule has 2 aliphatic rings. The van der Waals surface area contributed by atoms with Gasteiger partial charge in [-0.25, -0.2) is 0 Å². The summed E-state index contributed by atoms with van der Waals surface area (Å²) in [5.41, 5.74) is 10.9. The molecular formula is C31H18N2. The van der Waals surface area contributed by atoms with Crippen LogP contribution < -0.4 is 4.90 Å². The third-order valence-corrected chi connectivity index (χ3v) is 7.16. The number of para-hydroxylation sites is 2. The molecule has 0 saturated heterocycles. The second-order valence-electron chi connectivity index (χ2n) is 8.80. The average molecular weight is 418 g/mol. The maximum Gasteiger partial charge on any atom is 0.0822 e. The number of pyridine rings is 1.